The highest BCUT2D eigenvalue weighted by atomic mass is 79.9. The van der Waals surface area contributed by atoms with Crippen LogP contribution in [0.1, 0.15) is 49.9 Å². The standard InChI is InChI=1S/C22H22Br2/c1-21(2)11-13-9-15(23)5-7-17(13)19(21)20-18-8-6-16(24)10-14(18)12-22(20,3)4/h5-10H,11-12H2,1-4H3/b20-19+. The fourth-order valence-electron chi connectivity index (χ4n) is 4.71. The van der Waals surface area contributed by atoms with Crippen LogP contribution >= 0.6 is 31.9 Å². The molecule has 2 aromatic carbocycles. The molecule has 2 aliphatic rings. The molecular formula is C22H22Br2. The molecule has 124 valence electrons. The Balaban J connectivity index is 2.06. The minimum Gasteiger partial charge on any atom is -0.0555 e. The van der Waals surface area contributed by atoms with Crippen molar-refractivity contribution in [1.82, 2.24) is 0 Å². The SMILES string of the molecule is CC1(C)Cc2cc(Br)ccc2/C1=C1/c2ccc(Br)cc2CC1(C)C. The smallest absolute Gasteiger partial charge is 0.0178 e. The van der Waals surface area contributed by atoms with Crippen molar-refractivity contribution in [1.29, 1.82) is 0 Å². The maximum Gasteiger partial charge on any atom is 0.0178 e. The lowest BCUT2D eigenvalue weighted by molar-refractivity contribution is 0.495. The summed E-state index contributed by atoms with van der Waals surface area (Å²) in [5, 5.41) is 0. The molecule has 0 unspecified atom stereocenters. The quantitative estimate of drug-likeness (QED) is 0.399. The molecule has 0 saturated heterocycles. The topological polar surface area (TPSA) is 0 Å². The molecule has 0 amide bonds. The van der Waals surface area contributed by atoms with E-state index in [-0.39, 0.29) is 10.8 Å². The third-order valence-corrected chi connectivity index (χ3v) is 6.53. The number of benzene rings is 2. The van der Waals surface area contributed by atoms with Gasteiger partial charge in [-0.2, -0.15) is 0 Å². The number of halogens is 2. The second-order valence-corrected chi connectivity index (χ2v) is 10.3. The molecule has 0 spiro atoms. The fraction of sp³-hybridized carbons (Fsp3) is 0.364. The van der Waals surface area contributed by atoms with E-state index < -0.39 is 0 Å². The normalized spacial score (nSPS) is 23.2. The summed E-state index contributed by atoms with van der Waals surface area (Å²) in [6.45, 7) is 9.60. The van der Waals surface area contributed by atoms with Crippen LogP contribution in [0.15, 0.2) is 45.3 Å². The summed E-state index contributed by atoms with van der Waals surface area (Å²) < 4.78 is 2.36. The maximum atomic E-state index is 3.64. The highest BCUT2D eigenvalue weighted by Gasteiger charge is 2.43. The van der Waals surface area contributed by atoms with Crippen LogP contribution in [0.2, 0.25) is 0 Å². The van der Waals surface area contributed by atoms with E-state index in [4.69, 9.17) is 0 Å². The van der Waals surface area contributed by atoms with Crippen molar-refractivity contribution in [3.63, 3.8) is 0 Å². The first-order valence-electron chi connectivity index (χ1n) is 8.52. The van der Waals surface area contributed by atoms with Crippen molar-refractivity contribution in [2.24, 2.45) is 10.8 Å². The molecule has 0 N–H and O–H groups in total. The van der Waals surface area contributed by atoms with Gasteiger partial charge >= 0.3 is 0 Å². The Morgan fingerprint density at radius 3 is 1.42 bits per heavy atom. The summed E-state index contributed by atoms with van der Waals surface area (Å²) >= 11 is 7.28. The number of fused-ring (bicyclic) bond motifs is 2. The van der Waals surface area contributed by atoms with Crippen LogP contribution in [0.25, 0.3) is 11.1 Å². The van der Waals surface area contributed by atoms with Gasteiger partial charge in [-0.1, -0.05) is 71.7 Å². The Kier molecular flexibility index (Phi) is 3.68. The molecule has 0 radical (unpaired) electrons. The maximum absolute atomic E-state index is 3.64. The number of hydrogen-bond donors (Lipinski definition) is 0. The summed E-state index contributed by atoms with van der Waals surface area (Å²) in [5.74, 6) is 0. The van der Waals surface area contributed by atoms with Crippen LogP contribution in [-0.4, -0.2) is 0 Å². The number of allylic oxidation sites excluding steroid dienone is 2. The summed E-state index contributed by atoms with van der Waals surface area (Å²) in [6, 6.07) is 13.6. The number of hydrogen-bond acceptors (Lipinski definition) is 0. The Morgan fingerprint density at radius 2 is 1.04 bits per heavy atom. The van der Waals surface area contributed by atoms with Crippen molar-refractivity contribution < 1.29 is 0 Å². The molecule has 0 aliphatic heterocycles. The lowest BCUT2D eigenvalue weighted by Crippen LogP contribution is -2.17. The molecule has 4 rings (SSSR count). The van der Waals surface area contributed by atoms with Crippen LogP contribution in [0, 0.1) is 10.8 Å². The molecule has 2 aliphatic carbocycles. The second-order valence-electron chi connectivity index (χ2n) is 8.47. The highest BCUT2D eigenvalue weighted by Crippen LogP contribution is 2.57. The zero-order chi connectivity index (χ0) is 17.3. The first kappa shape index (κ1) is 16.6. The molecule has 0 atom stereocenters. The first-order chi connectivity index (χ1) is 11.2. The van der Waals surface area contributed by atoms with Gasteiger partial charge in [-0.05, 0) is 81.3 Å². The van der Waals surface area contributed by atoms with E-state index in [1.807, 2.05) is 0 Å². The monoisotopic (exact) mass is 444 g/mol. The average Bonchev–Trinajstić information content (AvgIpc) is 2.85. The van der Waals surface area contributed by atoms with E-state index in [1.54, 1.807) is 11.1 Å². The summed E-state index contributed by atoms with van der Waals surface area (Å²) in [4.78, 5) is 0. The van der Waals surface area contributed by atoms with Gasteiger partial charge in [0.2, 0.25) is 0 Å². The van der Waals surface area contributed by atoms with Crippen molar-refractivity contribution in [3.8, 4) is 0 Å². The first-order valence-corrected chi connectivity index (χ1v) is 10.1. The van der Waals surface area contributed by atoms with E-state index >= 15 is 0 Å². The van der Waals surface area contributed by atoms with Crippen molar-refractivity contribution in [3.05, 3.63) is 67.6 Å². The van der Waals surface area contributed by atoms with Gasteiger partial charge in [0.1, 0.15) is 0 Å². The Hall–Kier alpha value is -0.860. The molecular weight excluding hydrogens is 424 g/mol. The van der Waals surface area contributed by atoms with Gasteiger partial charge in [-0.15, -0.1) is 0 Å². The van der Waals surface area contributed by atoms with Crippen molar-refractivity contribution >= 4 is 43.0 Å². The van der Waals surface area contributed by atoms with Crippen LogP contribution < -0.4 is 0 Å². The zero-order valence-corrected chi connectivity index (χ0v) is 17.8. The largest absolute Gasteiger partial charge is 0.0555 e. The molecule has 2 heteroatoms. The Labute approximate surface area is 161 Å². The van der Waals surface area contributed by atoms with Gasteiger partial charge in [0.25, 0.3) is 0 Å². The summed E-state index contributed by atoms with van der Waals surface area (Å²) in [6.07, 6.45) is 2.23. The van der Waals surface area contributed by atoms with Crippen LogP contribution in [0.3, 0.4) is 0 Å². The Bertz CT molecular complexity index is 811. The summed E-state index contributed by atoms with van der Waals surface area (Å²) in [7, 11) is 0. The molecule has 0 aromatic heterocycles. The summed E-state index contributed by atoms with van der Waals surface area (Å²) in [5.41, 5.74) is 9.28. The van der Waals surface area contributed by atoms with E-state index in [0.29, 0.717) is 0 Å². The van der Waals surface area contributed by atoms with Crippen LogP contribution in [0.4, 0.5) is 0 Å². The van der Waals surface area contributed by atoms with Crippen LogP contribution in [0.5, 0.6) is 0 Å². The van der Waals surface area contributed by atoms with Gasteiger partial charge in [-0.3, -0.25) is 0 Å². The van der Waals surface area contributed by atoms with Gasteiger partial charge in [-0.25, -0.2) is 0 Å². The average molecular weight is 446 g/mol. The third kappa shape index (κ3) is 2.45. The third-order valence-electron chi connectivity index (χ3n) is 5.54. The van der Waals surface area contributed by atoms with E-state index in [1.165, 1.54) is 31.2 Å². The molecule has 0 heterocycles. The molecule has 24 heavy (non-hydrogen) atoms. The second kappa shape index (κ2) is 5.32. The van der Waals surface area contributed by atoms with Gasteiger partial charge in [0.05, 0.1) is 0 Å². The molecule has 0 nitrogen and oxygen atoms in total. The minimum absolute atomic E-state index is 0.171. The zero-order valence-electron chi connectivity index (χ0n) is 14.6. The molecule has 0 fully saturated rings. The highest BCUT2D eigenvalue weighted by molar-refractivity contribution is 9.10. The van der Waals surface area contributed by atoms with E-state index in [0.717, 1.165) is 12.8 Å². The van der Waals surface area contributed by atoms with Crippen LogP contribution in [-0.2, 0) is 12.8 Å². The number of rotatable bonds is 0. The van der Waals surface area contributed by atoms with Gasteiger partial charge < -0.3 is 0 Å². The molecule has 0 bridgehead atoms. The fourth-order valence-corrected chi connectivity index (χ4v) is 5.53. The predicted octanol–water partition coefficient (Wildman–Crippen LogP) is 7.29. The Morgan fingerprint density at radius 1 is 0.667 bits per heavy atom. The lowest BCUT2D eigenvalue weighted by atomic mass is 9.74. The molecule has 0 saturated carbocycles. The van der Waals surface area contributed by atoms with Crippen molar-refractivity contribution in [2.45, 2.75) is 40.5 Å². The molecule has 2 aromatic rings. The van der Waals surface area contributed by atoms with Crippen molar-refractivity contribution in [2.75, 3.05) is 0 Å². The predicted molar refractivity (Wildman–Crippen MR) is 110 cm³/mol. The van der Waals surface area contributed by atoms with Gasteiger partial charge in [0, 0.05) is 8.95 Å². The van der Waals surface area contributed by atoms with Gasteiger partial charge in [0.15, 0.2) is 0 Å². The minimum atomic E-state index is 0.171. The lowest BCUT2D eigenvalue weighted by Gasteiger charge is -2.30. The van der Waals surface area contributed by atoms with E-state index in [9.17, 15) is 0 Å². The van der Waals surface area contributed by atoms with E-state index in [2.05, 4.69) is 96.0 Å².